The third-order valence-corrected chi connectivity index (χ3v) is 7.28. The number of likely N-dealkylation sites (tertiary alicyclic amines) is 1. The quantitative estimate of drug-likeness (QED) is 0.764. The average Bonchev–Trinajstić information content (AvgIpc) is 2.53. The van der Waals surface area contributed by atoms with E-state index in [9.17, 15) is 23.1 Å². The van der Waals surface area contributed by atoms with Crippen LogP contribution < -0.4 is 0 Å². The van der Waals surface area contributed by atoms with Gasteiger partial charge in [-0.05, 0) is 25.7 Å². The highest BCUT2D eigenvalue weighted by molar-refractivity contribution is 7.91. The first-order valence-corrected chi connectivity index (χ1v) is 10.2. The number of hydrogen-bond donors (Lipinski definition) is 1. The molecule has 2 saturated heterocycles. The van der Waals surface area contributed by atoms with Crippen LogP contribution in [0.15, 0.2) is 0 Å². The molecule has 0 bridgehead atoms. The van der Waals surface area contributed by atoms with E-state index < -0.39 is 21.2 Å². The van der Waals surface area contributed by atoms with Gasteiger partial charge in [0.05, 0.1) is 16.9 Å². The van der Waals surface area contributed by atoms with E-state index >= 15 is 0 Å². The van der Waals surface area contributed by atoms with E-state index in [1.165, 1.54) is 0 Å². The fourth-order valence-corrected chi connectivity index (χ4v) is 5.56. The van der Waals surface area contributed by atoms with Crippen LogP contribution in [-0.2, 0) is 14.6 Å². The number of aliphatic carboxylic acids is 1. The minimum Gasteiger partial charge on any atom is -0.481 e. The van der Waals surface area contributed by atoms with Gasteiger partial charge >= 0.3 is 12.0 Å². The first kappa shape index (κ1) is 16.5. The fraction of sp³-hybridized carbons (Fsp3) is 0.867. The van der Waals surface area contributed by atoms with Crippen molar-refractivity contribution in [1.29, 1.82) is 0 Å². The lowest BCUT2D eigenvalue weighted by molar-refractivity contribution is -0.159. The number of carboxylic acid groups (broad SMARTS) is 1. The maximum atomic E-state index is 12.8. The summed E-state index contributed by atoms with van der Waals surface area (Å²) in [7, 11) is -3.04. The highest BCUT2D eigenvalue weighted by Crippen LogP contribution is 2.46. The molecule has 0 spiro atoms. The predicted molar refractivity (Wildman–Crippen MR) is 83.9 cm³/mol. The number of piperidine rings is 1. The monoisotopic (exact) mass is 344 g/mol. The molecule has 130 valence electrons. The highest BCUT2D eigenvalue weighted by Gasteiger charge is 2.53. The van der Waals surface area contributed by atoms with Crippen molar-refractivity contribution in [2.45, 2.75) is 44.6 Å². The first-order chi connectivity index (χ1) is 10.9. The molecule has 3 fully saturated rings. The largest absolute Gasteiger partial charge is 0.481 e. The molecule has 0 aromatic carbocycles. The minimum atomic E-state index is -3.04. The van der Waals surface area contributed by atoms with Crippen molar-refractivity contribution < 1.29 is 23.1 Å². The van der Waals surface area contributed by atoms with Crippen LogP contribution in [0, 0.1) is 5.41 Å². The van der Waals surface area contributed by atoms with Crippen LogP contribution in [0.1, 0.15) is 38.5 Å². The van der Waals surface area contributed by atoms with Gasteiger partial charge in [-0.3, -0.25) is 4.79 Å². The van der Waals surface area contributed by atoms with Gasteiger partial charge in [-0.25, -0.2) is 13.2 Å². The third kappa shape index (κ3) is 2.93. The summed E-state index contributed by atoms with van der Waals surface area (Å²) >= 11 is 0. The maximum absolute atomic E-state index is 12.8. The molecule has 0 unspecified atom stereocenters. The molecule has 0 aromatic rings. The standard InChI is InChI=1S/C15H24N2O5S/c18-13(19)15-5-2-1-4-12(15)17(7-3-6-15)14(20)16-8-10-23(21,22)11-9-16/h12H,1-11H2,(H,18,19)/t12-,15-/m0/s1. The van der Waals surface area contributed by atoms with Gasteiger partial charge in [0.15, 0.2) is 9.84 Å². The molecule has 1 N–H and O–H groups in total. The molecule has 0 radical (unpaired) electrons. The maximum Gasteiger partial charge on any atom is 0.320 e. The Hall–Kier alpha value is -1.31. The van der Waals surface area contributed by atoms with Gasteiger partial charge in [0, 0.05) is 25.7 Å². The second-order valence-corrected chi connectivity index (χ2v) is 9.24. The predicted octanol–water partition coefficient (Wildman–Crippen LogP) is 0.946. The average molecular weight is 344 g/mol. The number of urea groups is 1. The molecule has 2 atom stereocenters. The summed E-state index contributed by atoms with van der Waals surface area (Å²) in [5, 5.41) is 9.77. The van der Waals surface area contributed by atoms with Gasteiger partial charge in [0.1, 0.15) is 0 Å². The van der Waals surface area contributed by atoms with Crippen LogP contribution in [0.25, 0.3) is 0 Å². The lowest BCUT2D eigenvalue weighted by Crippen LogP contribution is -2.62. The fourth-order valence-electron chi connectivity index (χ4n) is 4.36. The highest BCUT2D eigenvalue weighted by atomic mass is 32.2. The van der Waals surface area contributed by atoms with Crippen LogP contribution >= 0.6 is 0 Å². The molecule has 2 aliphatic heterocycles. The molecular weight excluding hydrogens is 320 g/mol. The first-order valence-electron chi connectivity index (χ1n) is 8.35. The van der Waals surface area contributed by atoms with Crippen molar-refractivity contribution in [3.05, 3.63) is 0 Å². The Labute approximate surface area is 136 Å². The summed E-state index contributed by atoms with van der Waals surface area (Å²) < 4.78 is 23.1. The number of fused-ring (bicyclic) bond motifs is 1. The minimum absolute atomic E-state index is 0.00131. The summed E-state index contributed by atoms with van der Waals surface area (Å²) in [6.07, 6.45) is 4.52. The Morgan fingerprint density at radius 3 is 2.30 bits per heavy atom. The van der Waals surface area contributed by atoms with Crippen LogP contribution in [-0.4, -0.2) is 72.5 Å². The van der Waals surface area contributed by atoms with Crippen molar-refractivity contribution in [3.63, 3.8) is 0 Å². The van der Waals surface area contributed by atoms with Crippen LogP contribution in [0.3, 0.4) is 0 Å². The molecule has 1 saturated carbocycles. The van der Waals surface area contributed by atoms with E-state index in [1.807, 2.05) is 0 Å². The number of nitrogens with zero attached hydrogens (tertiary/aromatic N) is 2. The number of amides is 2. The Kier molecular flexibility index (Phi) is 4.29. The molecule has 7 nitrogen and oxygen atoms in total. The Morgan fingerprint density at radius 1 is 1.00 bits per heavy atom. The van der Waals surface area contributed by atoms with Crippen LogP contribution in [0.2, 0.25) is 0 Å². The van der Waals surface area contributed by atoms with Crippen molar-refractivity contribution in [2.75, 3.05) is 31.1 Å². The van der Waals surface area contributed by atoms with Crippen molar-refractivity contribution in [2.24, 2.45) is 5.41 Å². The zero-order chi connectivity index (χ0) is 16.7. The molecule has 2 amide bonds. The Bertz CT molecular complexity index is 587. The topological polar surface area (TPSA) is 95.0 Å². The summed E-state index contributed by atoms with van der Waals surface area (Å²) in [4.78, 5) is 28.1. The second-order valence-electron chi connectivity index (χ2n) is 6.94. The van der Waals surface area contributed by atoms with Gasteiger partial charge < -0.3 is 14.9 Å². The number of sulfone groups is 1. The van der Waals surface area contributed by atoms with Gasteiger partial charge in [0.2, 0.25) is 0 Å². The Balaban J connectivity index is 1.79. The molecule has 3 aliphatic rings. The summed E-state index contributed by atoms with van der Waals surface area (Å²) in [6, 6.07) is -0.439. The number of hydrogen-bond acceptors (Lipinski definition) is 4. The molecule has 3 rings (SSSR count). The van der Waals surface area contributed by atoms with Crippen molar-refractivity contribution in [1.82, 2.24) is 9.80 Å². The lowest BCUT2D eigenvalue weighted by Gasteiger charge is -2.51. The zero-order valence-corrected chi connectivity index (χ0v) is 14.1. The van der Waals surface area contributed by atoms with E-state index in [0.29, 0.717) is 25.8 Å². The zero-order valence-electron chi connectivity index (χ0n) is 13.2. The van der Waals surface area contributed by atoms with Crippen LogP contribution in [0.5, 0.6) is 0 Å². The van der Waals surface area contributed by atoms with E-state index in [0.717, 1.165) is 19.3 Å². The lowest BCUT2D eigenvalue weighted by atomic mass is 9.65. The van der Waals surface area contributed by atoms with Crippen LogP contribution in [0.4, 0.5) is 4.79 Å². The molecule has 8 heteroatoms. The number of carbonyl (C=O) groups is 2. The molecular formula is C15H24N2O5S. The van der Waals surface area contributed by atoms with Gasteiger partial charge in [0.25, 0.3) is 0 Å². The number of carboxylic acids is 1. The normalized spacial score (nSPS) is 33.8. The number of carbonyl (C=O) groups excluding carboxylic acids is 1. The number of rotatable bonds is 1. The molecule has 23 heavy (non-hydrogen) atoms. The van der Waals surface area contributed by atoms with Crippen molar-refractivity contribution in [3.8, 4) is 0 Å². The van der Waals surface area contributed by atoms with Gasteiger partial charge in [-0.1, -0.05) is 12.8 Å². The summed E-state index contributed by atoms with van der Waals surface area (Å²) in [6.45, 7) is 0.997. The second kappa shape index (κ2) is 5.96. The van der Waals surface area contributed by atoms with E-state index in [4.69, 9.17) is 0 Å². The van der Waals surface area contributed by atoms with E-state index in [1.54, 1.807) is 9.80 Å². The smallest absolute Gasteiger partial charge is 0.320 e. The molecule has 2 heterocycles. The Morgan fingerprint density at radius 2 is 1.65 bits per heavy atom. The SMILES string of the molecule is O=C(N1CCS(=O)(=O)CC1)N1CCC[C@@]2(C(=O)O)CCCC[C@H]12. The van der Waals surface area contributed by atoms with E-state index in [-0.39, 0.29) is 36.7 Å². The van der Waals surface area contributed by atoms with E-state index in [2.05, 4.69) is 0 Å². The van der Waals surface area contributed by atoms with Crippen molar-refractivity contribution >= 4 is 21.8 Å². The summed E-state index contributed by atoms with van der Waals surface area (Å²) in [5.74, 6) is -0.788. The van der Waals surface area contributed by atoms with Gasteiger partial charge in [-0.15, -0.1) is 0 Å². The van der Waals surface area contributed by atoms with Gasteiger partial charge in [-0.2, -0.15) is 0 Å². The summed E-state index contributed by atoms with van der Waals surface area (Å²) in [5.41, 5.74) is -0.811. The molecule has 1 aliphatic carbocycles. The third-order valence-electron chi connectivity index (χ3n) is 5.67. The molecule has 0 aromatic heterocycles.